The fraction of sp³-hybridized carbons (Fsp3) is 0.556. The molecule has 0 radical (unpaired) electrons. The number of fused-ring (bicyclic) bond motifs is 1. The van der Waals surface area contributed by atoms with Crippen LogP contribution in [0.5, 0.6) is 0 Å². The smallest absolute Gasteiger partial charge is 0.170 e. The van der Waals surface area contributed by atoms with E-state index in [1.54, 1.807) is 12.1 Å². The number of benzene rings is 1. The van der Waals surface area contributed by atoms with Crippen molar-refractivity contribution in [3.05, 3.63) is 35.8 Å². The number of furan rings is 1. The zero-order valence-corrected chi connectivity index (χ0v) is 12.7. The molecule has 2 aromatic rings. The number of rotatable bonds is 4. The van der Waals surface area contributed by atoms with Crippen molar-refractivity contribution in [3.63, 3.8) is 0 Å². The first-order chi connectivity index (χ1) is 10.0. The maximum absolute atomic E-state index is 13.8. The molecule has 2 nitrogen and oxygen atoms in total. The van der Waals surface area contributed by atoms with Crippen LogP contribution < -0.4 is 0 Å². The van der Waals surface area contributed by atoms with E-state index in [2.05, 4.69) is 13.8 Å². The van der Waals surface area contributed by atoms with Gasteiger partial charge in [0.15, 0.2) is 11.4 Å². The molecule has 1 heterocycles. The molecule has 1 N–H and O–H groups in total. The Morgan fingerprint density at radius 2 is 2.00 bits per heavy atom. The fourth-order valence-corrected chi connectivity index (χ4v) is 3.97. The first-order valence-electron chi connectivity index (χ1n) is 7.88. The molecule has 1 aliphatic carbocycles. The zero-order chi connectivity index (χ0) is 15.0. The van der Waals surface area contributed by atoms with Crippen molar-refractivity contribution >= 4 is 11.0 Å². The van der Waals surface area contributed by atoms with Gasteiger partial charge in [0.2, 0.25) is 0 Å². The third-order valence-electron chi connectivity index (χ3n) is 4.78. The SMILES string of the molecule is CC(C)CC1(C(O)c2cc3cccc(F)c3o2)CCCC1. The van der Waals surface area contributed by atoms with Crippen LogP contribution in [0.15, 0.2) is 28.7 Å². The van der Waals surface area contributed by atoms with Gasteiger partial charge in [-0.2, -0.15) is 0 Å². The van der Waals surface area contributed by atoms with Gasteiger partial charge in [-0.05, 0) is 37.3 Å². The minimum atomic E-state index is -0.644. The Bertz CT molecular complexity index is 623. The molecule has 3 rings (SSSR count). The first-order valence-corrected chi connectivity index (χ1v) is 7.88. The molecule has 1 aromatic heterocycles. The molecule has 0 aliphatic heterocycles. The maximum Gasteiger partial charge on any atom is 0.170 e. The van der Waals surface area contributed by atoms with E-state index in [4.69, 9.17) is 4.42 Å². The van der Waals surface area contributed by atoms with Crippen molar-refractivity contribution in [3.8, 4) is 0 Å². The van der Waals surface area contributed by atoms with Gasteiger partial charge >= 0.3 is 0 Å². The first kappa shape index (κ1) is 14.6. The highest BCUT2D eigenvalue weighted by atomic mass is 19.1. The van der Waals surface area contributed by atoms with Gasteiger partial charge in [-0.1, -0.05) is 38.8 Å². The zero-order valence-electron chi connectivity index (χ0n) is 12.7. The van der Waals surface area contributed by atoms with Gasteiger partial charge in [-0.25, -0.2) is 4.39 Å². The van der Waals surface area contributed by atoms with E-state index >= 15 is 0 Å². The molecule has 21 heavy (non-hydrogen) atoms. The highest BCUT2D eigenvalue weighted by molar-refractivity contribution is 5.78. The maximum atomic E-state index is 13.8. The summed E-state index contributed by atoms with van der Waals surface area (Å²) >= 11 is 0. The Kier molecular flexibility index (Phi) is 3.78. The summed E-state index contributed by atoms with van der Waals surface area (Å²) in [5.74, 6) is 0.673. The summed E-state index contributed by atoms with van der Waals surface area (Å²) in [7, 11) is 0. The van der Waals surface area contributed by atoms with Crippen molar-refractivity contribution in [2.45, 2.75) is 52.1 Å². The van der Waals surface area contributed by atoms with Gasteiger partial charge in [0.25, 0.3) is 0 Å². The van der Waals surface area contributed by atoms with Crippen molar-refractivity contribution < 1.29 is 13.9 Å². The van der Waals surface area contributed by atoms with Gasteiger partial charge in [-0.15, -0.1) is 0 Å². The molecule has 1 aromatic carbocycles. The molecule has 3 heteroatoms. The molecule has 114 valence electrons. The Hall–Kier alpha value is -1.35. The largest absolute Gasteiger partial charge is 0.455 e. The fourth-order valence-electron chi connectivity index (χ4n) is 3.97. The van der Waals surface area contributed by atoms with Crippen LogP contribution in [0, 0.1) is 17.2 Å². The van der Waals surface area contributed by atoms with Crippen LogP contribution in [-0.2, 0) is 0 Å². The van der Waals surface area contributed by atoms with Gasteiger partial charge in [0.05, 0.1) is 0 Å². The summed E-state index contributed by atoms with van der Waals surface area (Å²) in [6.07, 6.45) is 4.68. The molecule has 1 fully saturated rings. The number of aliphatic hydroxyl groups is 1. The summed E-state index contributed by atoms with van der Waals surface area (Å²) in [5.41, 5.74) is 0.141. The van der Waals surface area contributed by atoms with Crippen molar-refractivity contribution in [2.24, 2.45) is 11.3 Å². The Morgan fingerprint density at radius 3 is 2.62 bits per heavy atom. The Balaban J connectivity index is 1.98. The van der Waals surface area contributed by atoms with Crippen LogP contribution in [0.25, 0.3) is 11.0 Å². The summed E-state index contributed by atoms with van der Waals surface area (Å²) in [4.78, 5) is 0. The van der Waals surface area contributed by atoms with E-state index in [9.17, 15) is 9.50 Å². The van der Waals surface area contributed by atoms with Gasteiger partial charge < -0.3 is 9.52 Å². The lowest BCUT2D eigenvalue weighted by Gasteiger charge is -2.34. The number of para-hydroxylation sites is 1. The third-order valence-corrected chi connectivity index (χ3v) is 4.78. The van der Waals surface area contributed by atoms with Crippen molar-refractivity contribution in [1.82, 2.24) is 0 Å². The predicted octanol–water partition coefficient (Wildman–Crippen LogP) is 5.21. The molecular weight excluding hydrogens is 267 g/mol. The predicted molar refractivity (Wildman–Crippen MR) is 81.5 cm³/mol. The number of aliphatic hydroxyl groups excluding tert-OH is 1. The summed E-state index contributed by atoms with van der Waals surface area (Å²) in [6.45, 7) is 4.37. The molecule has 1 atom stereocenters. The minimum Gasteiger partial charge on any atom is -0.455 e. The third kappa shape index (κ3) is 2.59. The van der Waals surface area contributed by atoms with Gasteiger partial charge in [0, 0.05) is 10.8 Å². The molecule has 0 saturated heterocycles. The van der Waals surface area contributed by atoms with Gasteiger partial charge in [-0.3, -0.25) is 0 Å². The molecule has 0 bridgehead atoms. The number of halogens is 1. The van der Waals surface area contributed by atoms with Crippen LogP contribution in [0.1, 0.15) is 57.8 Å². The van der Waals surface area contributed by atoms with Crippen LogP contribution in [-0.4, -0.2) is 5.11 Å². The quantitative estimate of drug-likeness (QED) is 0.838. The molecule has 0 spiro atoms. The van der Waals surface area contributed by atoms with Crippen molar-refractivity contribution in [2.75, 3.05) is 0 Å². The highest BCUT2D eigenvalue weighted by Gasteiger charge is 2.43. The lowest BCUT2D eigenvalue weighted by molar-refractivity contribution is -0.00275. The van der Waals surface area contributed by atoms with Crippen LogP contribution in [0.2, 0.25) is 0 Å². The molecule has 1 aliphatic rings. The van der Waals surface area contributed by atoms with E-state index in [0.29, 0.717) is 11.7 Å². The summed E-state index contributed by atoms with van der Waals surface area (Å²) in [5, 5.41) is 11.6. The van der Waals surface area contributed by atoms with Crippen LogP contribution in [0.4, 0.5) is 4.39 Å². The second-order valence-corrected chi connectivity index (χ2v) is 6.88. The lowest BCUT2D eigenvalue weighted by atomic mass is 9.73. The second-order valence-electron chi connectivity index (χ2n) is 6.88. The van der Waals surface area contributed by atoms with E-state index < -0.39 is 6.10 Å². The summed E-state index contributed by atoms with van der Waals surface area (Å²) in [6, 6.07) is 6.68. The van der Waals surface area contributed by atoms with E-state index in [0.717, 1.165) is 37.5 Å². The van der Waals surface area contributed by atoms with Crippen LogP contribution in [0.3, 0.4) is 0 Å². The second kappa shape index (κ2) is 5.45. The standard InChI is InChI=1S/C18H23FO2/c1-12(2)11-18(8-3-4-9-18)17(20)15-10-13-6-5-7-14(19)16(13)21-15/h5-7,10,12,17,20H,3-4,8-9,11H2,1-2H3. The van der Waals surface area contributed by atoms with Gasteiger partial charge in [0.1, 0.15) is 11.9 Å². The average molecular weight is 290 g/mol. The molecule has 0 amide bonds. The summed E-state index contributed by atoms with van der Waals surface area (Å²) < 4.78 is 19.4. The van der Waals surface area contributed by atoms with Crippen molar-refractivity contribution in [1.29, 1.82) is 0 Å². The van der Waals surface area contributed by atoms with E-state index in [1.807, 2.05) is 6.07 Å². The molecular formula is C18H23FO2. The Morgan fingerprint density at radius 1 is 1.29 bits per heavy atom. The van der Waals surface area contributed by atoms with Crippen LogP contribution >= 0.6 is 0 Å². The molecule has 1 saturated carbocycles. The lowest BCUT2D eigenvalue weighted by Crippen LogP contribution is -2.27. The topological polar surface area (TPSA) is 33.4 Å². The average Bonchev–Trinajstić information content (AvgIpc) is 3.05. The van der Waals surface area contributed by atoms with E-state index in [1.165, 1.54) is 6.07 Å². The number of hydrogen-bond acceptors (Lipinski definition) is 2. The highest BCUT2D eigenvalue weighted by Crippen LogP contribution is 2.52. The van der Waals surface area contributed by atoms with E-state index in [-0.39, 0.29) is 16.8 Å². The normalized spacial score (nSPS) is 19.5. The Labute approximate surface area is 125 Å². The minimum absolute atomic E-state index is 0.113. The monoisotopic (exact) mass is 290 g/mol. The molecule has 1 unspecified atom stereocenters. The number of hydrogen-bond donors (Lipinski definition) is 1.